The number of aryl methyl sites for hydroxylation is 1. The summed E-state index contributed by atoms with van der Waals surface area (Å²) < 4.78 is 24.0. The largest absolute Gasteiger partial charge is 0.386 e. The maximum Gasteiger partial charge on any atom is 0.264 e. The number of nitrogens with zero attached hydrogens (tertiary/aromatic N) is 2. The molecular weight excluding hydrogens is 442 g/mol. The van der Waals surface area contributed by atoms with Crippen molar-refractivity contribution in [2.24, 2.45) is 0 Å². The second-order valence-electron chi connectivity index (χ2n) is 8.75. The van der Waals surface area contributed by atoms with Gasteiger partial charge in [-0.3, -0.25) is 14.7 Å². The van der Waals surface area contributed by atoms with Gasteiger partial charge in [-0.15, -0.1) is 0 Å². The van der Waals surface area contributed by atoms with Gasteiger partial charge in [0.05, 0.1) is 11.1 Å². The Labute approximate surface area is 193 Å². The molecule has 0 aliphatic rings. The number of amides is 1. The molecule has 3 aromatic rings. The number of carbonyl (C=O) groups is 1. The van der Waals surface area contributed by atoms with Crippen molar-refractivity contribution in [1.29, 1.82) is 0 Å². The number of carbonyl (C=O) groups excluding carboxylic acids is 1. The Morgan fingerprint density at radius 3 is 2.27 bits per heavy atom. The normalized spacial score (nSPS) is 13.8. The van der Waals surface area contributed by atoms with Crippen LogP contribution in [0.2, 0.25) is 0 Å². The minimum Gasteiger partial charge on any atom is -0.386 e. The number of aromatic nitrogens is 2. The van der Waals surface area contributed by atoms with Gasteiger partial charge in [-0.05, 0) is 63.1 Å². The van der Waals surface area contributed by atoms with Gasteiger partial charge in [0.25, 0.3) is 5.91 Å². The van der Waals surface area contributed by atoms with Crippen LogP contribution < -0.4 is 5.48 Å². The highest BCUT2D eigenvalue weighted by Gasteiger charge is 2.43. The van der Waals surface area contributed by atoms with Gasteiger partial charge in [-0.2, -0.15) is 5.10 Å². The smallest absolute Gasteiger partial charge is 0.264 e. The molecule has 0 bridgehead atoms. The lowest BCUT2D eigenvalue weighted by Crippen LogP contribution is -2.49. The minimum atomic E-state index is -3.77. The molecule has 0 radical (unpaired) electrons. The minimum absolute atomic E-state index is 0.0560. The number of nitrogens with one attached hydrogen (secondary N) is 1. The van der Waals surface area contributed by atoms with E-state index in [1.807, 2.05) is 42.5 Å². The molecule has 1 heterocycles. The fourth-order valence-electron chi connectivity index (χ4n) is 3.29. The molecule has 1 aromatic heterocycles. The van der Waals surface area contributed by atoms with Crippen LogP contribution in [0.5, 0.6) is 0 Å². The van der Waals surface area contributed by atoms with Crippen LogP contribution in [0.3, 0.4) is 0 Å². The van der Waals surface area contributed by atoms with Gasteiger partial charge in [0.2, 0.25) is 0 Å². The SMILES string of the molecule is CC(C)(O)c1ccc(C#Cc2ccc3nn(CCC(C)(C(=O)NO)S(C)(=O)=O)cc3c2)cc1. The number of hydroxylamine groups is 1. The molecule has 1 amide bonds. The Kier molecular flexibility index (Phi) is 6.65. The first-order valence-corrected chi connectivity index (χ1v) is 12.2. The molecule has 0 aliphatic heterocycles. The first-order chi connectivity index (χ1) is 15.3. The number of rotatable bonds is 6. The molecule has 0 spiro atoms. The van der Waals surface area contributed by atoms with Crippen LogP contribution >= 0.6 is 0 Å². The summed E-state index contributed by atoms with van der Waals surface area (Å²) in [7, 11) is -3.77. The van der Waals surface area contributed by atoms with Gasteiger partial charge in [0.1, 0.15) is 0 Å². The van der Waals surface area contributed by atoms with E-state index in [9.17, 15) is 18.3 Å². The number of aliphatic hydroxyl groups is 1. The Morgan fingerprint density at radius 1 is 1.09 bits per heavy atom. The van der Waals surface area contributed by atoms with Gasteiger partial charge in [-0.1, -0.05) is 24.0 Å². The van der Waals surface area contributed by atoms with E-state index in [4.69, 9.17) is 5.21 Å². The molecule has 3 N–H and O–H groups in total. The molecule has 1 atom stereocenters. The van der Waals surface area contributed by atoms with Crippen molar-refractivity contribution < 1.29 is 23.5 Å². The van der Waals surface area contributed by atoms with Crippen LogP contribution in [-0.4, -0.2) is 45.4 Å². The topological polar surface area (TPSA) is 122 Å². The van der Waals surface area contributed by atoms with Crippen molar-refractivity contribution in [3.63, 3.8) is 0 Å². The zero-order valence-corrected chi connectivity index (χ0v) is 19.8. The third-order valence-corrected chi connectivity index (χ3v) is 7.74. The summed E-state index contributed by atoms with van der Waals surface area (Å²) in [5.41, 5.74) is 3.67. The van der Waals surface area contributed by atoms with E-state index in [2.05, 4.69) is 16.9 Å². The summed E-state index contributed by atoms with van der Waals surface area (Å²) in [4.78, 5) is 12.0. The van der Waals surface area contributed by atoms with E-state index in [0.29, 0.717) is 5.52 Å². The van der Waals surface area contributed by atoms with Gasteiger partial charge in [-0.25, -0.2) is 13.9 Å². The fraction of sp³-hybridized carbons (Fsp3) is 0.333. The molecule has 9 heteroatoms. The standard InChI is InChI=1S/C24H27N3O5S/c1-23(2,29)20-10-7-17(8-11-20)5-6-18-9-12-21-19(15-18)16-27(25-21)14-13-24(3,22(28)26-30)33(4,31)32/h7-12,15-16,29-30H,13-14H2,1-4H3,(H,26,28). The molecule has 3 rings (SSSR count). The Morgan fingerprint density at radius 2 is 1.70 bits per heavy atom. The maximum atomic E-state index is 12.1. The maximum absolute atomic E-state index is 12.1. The van der Waals surface area contributed by atoms with Crippen LogP contribution in [0.25, 0.3) is 10.9 Å². The molecule has 0 fully saturated rings. The van der Waals surface area contributed by atoms with Crippen LogP contribution in [0.15, 0.2) is 48.7 Å². The van der Waals surface area contributed by atoms with Crippen molar-refractivity contribution in [1.82, 2.24) is 15.3 Å². The first-order valence-electron chi connectivity index (χ1n) is 10.3. The Balaban J connectivity index is 1.79. The van der Waals surface area contributed by atoms with E-state index >= 15 is 0 Å². The summed E-state index contributed by atoms with van der Waals surface area (Å²) in [5.74, 6) is 5.23. The zero-order valence-electron chi connectivity index (χ0n) is 19.0. The van der Waals surface area contributed by atoms with E-state index in [1.54, 1.807) is 24.7 Å². The second kappa shape index (κ2) is 8.98. The first kappa shape index (κ1) is 24.5. The molecule has 174 valence electrons. The average molecular weight is 470 g/mol. The molecule has 0 saturated carbocycles. The fourth-order valence-corrected chi connectivity index (χ4v) is 4.13. The summed E-state index contributed by atoms with van der Waals surface area (Å²) in [6.45, 7) is 4.90. The van der Waals surface area contributed by atoms with Gasteiger partial charge in [0.15, 0.2) is 14.6 Å². The summed E-state index contributed by atoms with van der Waals surface area (Å²) in [6, 6.07) is 13.0. The third-order valence-electron chi connectivity index (χ3n) is 5.71. The van der Waals surface area contributed by atoms with Gasteiger partial charge in [0, 0.05) is 35.5 Å². The predicted molar refractivity (Wildman–Crippen MR) is 125 cm³/mol. The van der Waals surface area contributed by atoms with Crippen LogP contribution in [0, 0.1) is 11.8 Å². The van der Waals surface area contributed by atoms with E-state index in [1.165, 1.54) is 12.4 Å². The molecule has 33 heavy (non-hydrogen) atoms. The molecular formula is C24H27N3O5S. The van der Waals surface area contributed by atoms with E-state index in [-0.39, 0.29) is 13.0 Å². The number of fused-ring (bicyclic) bond motifs is 1. The van der Waals surface area contributed by atoms with E-state index < -0.39 is 26.1 Å². The van der Waals surface area contributed by atoms with Crippen molar-refractivity contribution >= 4 is 26.6 Å². The third kappa shape index (κ3) is 5.42. The number of sulfone groups is 1. The lowest BCUT2D eigenvalue weighted by Gasteiger charge is -2.24. The zero-order chi connectivity index (χ0) is 24.4. The highest BCUT2D eigenvalue weighted by Crippen LogP contribution is 2.23. The quantitative estimate of drug-likeness (QED) is 0.289. The lowest BCUT2D eigenvalue weighted by molar-refractivity contribution is -0.131. The van der Waals surface area contributed by atoms with Crippen molar-refractivity contribution in [3.05, 3.63) is 65.4 Å². The van der Waals surface area contributed by atoms with Crippen molar-refractivity contribution in [2.45, 2.75) is 44.1 Å². The second-order valence-corrected chi connectivity index (χ2v) is 11.2. The average Bonchev–Trinajstić information content (AvgIpc) is 3.16. The molecule has 0 saturated heterocycles. The highest BCUT2D eigenvalue weighted by atomic mass is 32.2. The highest BCUT2D eigenvalue weighted by molar-refractivity contribution is 7.92. The lowest BCUT2D eigenvalue weighted by atomic mass is 9.97. The van der Waals surface area contributed by atoms with Crippen LogP contribution in [0.4, 0.5) is 0 Å². The molecule has 1 unspecified atom stereocenters. The van der Waals surface area contributed by atoms with Gasteiger partial charge >= 0.3 is 0 Å². The molecule has 2 aromatic carbocycles. The monoisotopic (exact) mass is 469 g/mol. The van der Waals surface area contributed by atoms with Crippen LogP contribution in [-0.2, 0) is 26.8 Å². The van der Waals surface area contributed by atoms with Crippen molar-refractivity contribution in [2.75, 3.05) is 6.26 Å². The summed E-state index contributed by atoms with van der Waals surface area (Å²) >= 11 is 0. The molecule has 8 nitrogen and oxygen atoms in total. The summed E-state index contributed by atoms with van der Waals surface area (Å²) in [5, 5.41) is 24.3. The van der Waals surface area contributed by atoms with Gasteiger partial charge < -0.3 is 5.11 Å². The number of benzene rings is 2. The number of hydrogen-bond donors (Lipinski definition) is 3. The van der Waals surface area contributed by atoms with E-state index in [0.717, 1.165) is 28.3 Å². The van der Waals surface area contributed by atoms with Crippen LogP contribution in [0.1, 0.15) is 43.9 Å². The summed E-state index contributed by atoms with van der Waals surface area (Å²) in [6.07, 6.45) is 2.67. The molecule has 0 aliphatic carbocycles. The number of hydrogen-bond acceptors (Lipinski definition) is 6. The Hall–Kier alpha value is -3.19. The van der Waals surface area contributed by atoms with Crippen molar-refractivity contribution in [3.8, 4) is 11.8 Å². The Bertz CT molecular complexity index is 1340. The predicted octanol–water partition coefficient (Wildman–Crippen LogP) is 2.36.